The zero-order valence-corrected chi connectivity index (χ0v) is 17.7. The number of nitrogens with zero attached hydrogens (tertiary/aromatic N) is 4. The molecule has 3 aromatic rings. The molecule has 0 amide bonds. The van der Waals surface area contributed by atoms with Crippen LogP contribution in [0.4, 0.5) is 0 Å². The lowest BCUT2D eigenvalue weighted by atomic mass is 10.1. The number of aromatic nitrogens is 4. The Morgan fingerprint density at radius 1 is 1.10 bits per heavy atom. The molecule has 1 unspecified atom stereocenters. The summed E-state index contributed by atoms with van der Waals surface area (Å²) < 4.78 is 27.3. The molecule has 2 N–H and O–H groups in total. The first-order valence-corrected chi connectivity index (χ1v) is 10.9. The smallest absolute Gasteiger partial charge is 0.322 e. The SMILES string of the molecule is CCc1ccc(-c2nnn(-c3ccc(S(=O)(=O)NC(C(=O)O)C(C)C)cc3)n2)cc1. The van der Waals surface area contributed by atoms with Crippen molar-refractivity contribution in [1.82, 2.24) is 24.9 Å². The fourth-order valence-corrected chi connectivity index (χ4v) is 4.13. The molecular weight excluding hydrogens is 406 g/mol. The standard InChI is InChI=1S/C20H23N5O4S/c1-4-14-5-7-15(8-6-14)19-21-24-25(22-19)16-9-11-17(12-10-16)30(28,29)23-18(13(2)3)20(26)27/h5-13,18,23H,4H2,1-3H3,(H,26,27). The van der Waals surface area contributed by atoms with E-state index >= 15 is 0 Å². The molecule has 0 fully saturated rings. The average molecular weight is 430 g/mol. The van der Waals surface area contributed by atoms with E-state index in [1.807, 2.05) is 24.3 Å². The second kappa shape index (κ2) is 8.72. The average Bonchev–Trinajstić information content (AvgIpc) is 3.22. The number of carbonyl (C=O) groups is 1. The zero-order valence-electron chi connectivity index (χ0n) is 16.8. The van der Waals surface area contributed by atoms with Gasteiger partial charge >= 0.3 is 5.97 Å². The summed E-state index contributed by atoms with van der Waals surface area (Å²) in [7, 11) is -3.99. The lowest BCUT2D eigenvalue weighted by Crippen LogP contribution is -2.44. The minimum absolute atomic E-state index is 0.0476. The number of hydrogen-bond acceptors (Lipinski definition) is 6. The third-order valence-electron chi connectivity index (χ3n) is 4.63. The number of aryl methyl sites for hydroxylation is 1. The summed E-state index contributed by atoms with van der Waals surface area (Å²) in [6.45, 7) is 5.34. The van der Waals surface area contributed by atoms with Gasteiger partial charge < -0.3 is 5.11 Å². The number of aliphatic carboxylic acids is 1. The van der Waals surface area contributed by atoms with Crippen LogP contribution in [0, 0.1) is 5.92 Å². The summed E-state index contributed by atoms with van der Waals surface area (Å²) in [4.78, 5) is 12.5. The molecule has 0 bridgehead atoms. The Morgan fingerprint density at radius 2 is 1.73 bits per heavy atom. The Kier molecular flexibility index (Phi) is 6.28. The van der Waals surface area contributed by atoms with Crippen molar-refractivity contribution in [3.63, 3.8) is 0 Å². The van der Waals surface area contributed by atoms with Crippen LogP contribution < -0.4 is 4.72 Å². The molecule has 0 spiro atoms. The van der Waals surface area contributed by atoms with Crippen LogP contribution in [0.3, 0.4) is 0 Å². The molecule has 0 saturated carbocycles. The summed E-state index contributed by atoms with van der Waals surface area (Å²) in [5.41, 5.74) is 2.56. The maximum atomic E-state index is 12.5. The first-order valence-electron chi connectivity index (χ1n) is 9.46. The topological polar surface area (TPSA) is 127 Å². The number of nitrogens with one attached hydrogen (secondary N) is 1. The molecule has 9 nitrogen and oxygen atoms in total. The number of tetrazole rings is 1. The van der Waals surface area contributed by atoms with Crippen molar-refractivity contribution in [2.45, 2.75) is 38.1 Å². The van der Waals surface area contributed by atoms with E-state index in [0.29, 0.717) is 11.5 Å². The van der Waals surface area contributed by atoms with Gasteiger partial charge in [0.2, 0.25) is 15.8 Å². The van der Waals surface area contributed by atoms with Gasteiger partial charge in [0.05, 0.1) is 10.6 Å². The molecule has 1 aromatic heterocycles. The molecule has 0 aliphatic rings. The van der Waals surface area contributed by atoms with Crippen LogP contribution in [-0.4, -0.2) is 45.7 Å². The highest BCUT2D eigenvalue weighted by Crippen LogP contribution is 2.18. The third-order valence-corrected chi connectivity index (χ3v) is 6.08. The molecule has 0 aliphatic heterocycles. The van der Waals surface area contributed by atoms with Gasteiger partial charge in [0.15, 0.2) is 0 Å². The maximum Gasteiger partial charge on any atom is 0.322 e. The van der Waals surface area contributed by atoms with Gasteiger partial charge in [0.25, 0.3) is 0 Å². The molecule has 1 atom stereocenters. The summed E-state index contributed by atoms with van der Waals surface area (Å²) in [5, 5.41) is 21.6. The van der Waals surface area contributed by atoms with Crippen molar-refractivity contribution in [3.05, 3.63) is 54.1 Å². The Morgan fingerprint density at radius 3 is 2.27 bits per heavy atom. The molecule has 1 heterocycles. The quantitative estimate of drug-likeness (QED) is 0.562. The van der Waals surface area contributed by atoms with Crippen molar-refractivity contribution < 1.29 is 18.3 Å². The van der Waals surface area contributed by atoms with Crippen LogP contribution in [0.15, 0.2) is 53.4 Å². The van der Waals surface area contributed by atoms with E-state index < -0.39 is 28.0 Å². The number of carboxylic acids is 1. The summed E-state index contributed by atoms with van der Waals surface area (Å²) in [6, 6.07) is 12.5. The number of benzene rings is 2. The molecular formula is C20H23N5O4S. The highest BCUT2D eigenvalue weighted by molar-refractivity contribution is 7.89. The van der Waals surface area contributed by atoms with Gasteiger partial charge in [-0.25, -0.2) is 8.42 Å². The highest BCUT2D eigenvalue weighted by atomic mass is 32.2. The molecule has 0 saturated heterocycles. The number of sulfonamides is 1. The largest absolute Gasteiger partial charge is 0.480 e. The highest BCUT2D eigenvalue weighted by Gasteiger charge is 2.28. The molecule has 3 rings (SSSR count). The zero-order chi connectivity index (χ0) is 21.9. The lowest BCUT2D eigenvalue weighted by Gasteiger charge is -2.18. The normalized spacial score (nSPS) is 12.8. The van der Waals surface area contributed by atoms with E-state index in [1.54, 1.807) is 13.8 Å². The van der Waals surface area contributed by atoms with Crippen LogP contribution in [0.25, 0.3) is 17.1 Å². The van der Waals surface area contributed by atoms with Crippen LogP contribution in [0.2, 0.25) is 0 Å². The predicted octanol–water partition coefficient (Wildman–Crippen LogP) is 2.28. The van der Waals surface area contributed by atoms with Gasteiger partial charge in [-0.05, 0) is 47.4 Å². The van der Waals surface area contributed by atoms with Crippen molar-refractivity contribution in [1.29, 1.82) is 0 Å². The maximum absolute atomic E-state index is 12.5. The predicted molar refractivity (Wildman–Crippen MR) is 111 cm³/mol. The number of carboxylic acid groups (broad SMARTS) is 1. The minimum Gasteiger partial charge on any atom is -0.480 e. The van der Waals surface area contributed by atoms with Crippen molar-refractivity contribution in [3.8, 4) is 17.1 Å². The monoisotopic (exact) mass is 429 g/mol. The van der Waals surface area contributed by atoms with Gasteiger partial charge in [-0.1, -0.05) is 45.0 Å². The molecule has 0 aliphatic carbocycles. The molecule has 2 aromatic carbocycles. The van der Waals surface area contributed by atoms with Crippen molar-refractivity contribution >= 4 is 16.0 Å². The van der Waals surface area contributed by atoms with Crippen LogP contribution in [-0.2, 0) is 21.2 Å². The first-order chi connectivity index (χ1) is 14.2. The Bertz CT molecular complexity index is 1120. The summed E-state index contributed by atoms with van der Waals surface area (Å²) in [6.07, 6.45) is 0.939. The molecule has 30 heavy (non-hydrogen) atoms. The minimum atomic E-state index is -3.99. The van der Waals surface area contributed by atoms with Crippen molar-refractivity contribution in [2.75, 3.05) is 0 Å². The van der Waals surface area contributed by atoms with Gasteiger partial charge in [0.1, 0.15) is 6.04 Å². The second-order valence-electron chi connectivity index (χ2n) is 7.13. The second-order valence-corrected chi connectivity index (χ2v) is 8.84. The van der Waals surface area contributed by atoms with Crippen LogP contribution in [0.5, 0.6) is 0 Å². The van der Waals surface area contributed by atoms with Crippen molar-refractivity contribution in [2.24, 2.45) is 5.92 Å². The Hall–Kier alpha value is -3.11. The van der Waals surface area contributed by atoms with E-state index in [0.717, 1.165) is 12.0 Å². The van der Waals surface area contributed by atoms with E-state index in [4.69, 9.17) is 0 Å². The van der Waals surface area contributed by atoms with Gasteiger partial charge in [-0.3, -0.25) is 4.79 Å². The van der Waals surface area contributed by atoms with Gasteiger partial charge in [-0.2, -0.15) is 4.72 Å². The molecule has 0 radical (unpaired) electrons. The summed E-state index contributed by atoms with van der Waals surface area (Å²) >= 11 is 0. The lowest BCUT2D eigenvalue weighted by molar-refractivity contribution is -0.140. The van der Waals surface area contributed by atoms with E-state index in [-0.39, 0.29) is 4.90 Å². The molecule has 10 heteroatoms. The van der Waals surface area contributed by atoms with Gasteiger partial charge in [0, 0.05) is 5.56 Å². The Labute approximate surface area is 174 Å². The fourth-order valence-electron chi connectivity index (χ4n) is 2.79. The van der Waals surface area contributed by atoms with E-state index in [1.165, 1.54) is 34.6 Å². The Balaban J connectivity index is 1.80. The molecule has 158 valence electrons. The third kappa shape index (κ3) is 4.71. The van der Waals surface area contributed by atoms with Crippen LogP contribution >= 0.6 is 0 Å². The number of hydrogen-bond donors (Lipinski definition) is 2. The van der Waals surface area contributed by atoms with Crippen LogP contribution in [0.1, 0.15) is 26.3 Å². The summed E-state index contributed by atoms with van der Waals surface area (Å²) in [5.74, 6) is -1.17. The number of rotatable bonds is 8. The van der Waals surface area contributed by atoms with E-state index in [9.17, 15) is 18.3 Å². The fraction of sp³-hybridized carbons (Fsp3) is 0.300. The first kappa shape index (κ1) is 21.6. The van der Waals surface area contributed by atoms with Gasteiger partial charge in [-0.15, -0.1) is 15.0 Å². The van der Waals surface area contributed by atoms with E-state index in [2.05, 4.69) is 27.1 Å².